The topological polar surface area (TPSA) is 21.3 Å². The third-order valence-corrected chi connectivity index (χ3v) is 3.87. The summed E-state index contributed by atoms with van der Waals surface area (Å²) < 4.78 is 6.01. The van der Waals surface area contributed by atoms with Crippen molar-refractivity contribution in [3.63, 3.8) is 0 Å². The molecule has 0 spiro atoms. The zero-order chi connectivity index (χ0) is 14.5. The molecule has 0 bridgehead atoms. The van der Waals surface area contributed by atoms with Gasteiger partial charge in [0, 0.05) is 24.6 Å². The summed E-state index contributed by atoms with van der Waals surface area (Å²) in [4.78, 5) is 0. The molecule has 0 saturated heterocycles. The largest absolute Gasteiger partial charge is 0.493 e. The standard InChI is InChI=1S/C19H23NO/c1-15-7-10-19(17(13-15)14-20-18-8-9-18)21-12-11-16-5-3-2-4-6-16/h2-7,10,13,18,20H,8-9,11-12,14H2,1H3. The molecule has 0 atom stereocenters. The Kier molecular flexibility index (Phi) is 4.56. The normalized spacial score (nSPS) is 14.1. The first-order chi connectivity index (χ1) is 10.3. The molecule has 2 aromatic carbocycles. The molecule has 1 fully saturated rings. The Morgan fingerprint density at radius 1 is 1.10 bits per heavy atom. The molecule has 1 aliphatic carbocycles. The molecule has 0 heterocycles. The summed E-state index contributed by atoms with van der Waals surface area (Å²) in [7, 11) is 0. The molecule has 3 rings (SSSR count). The van der Waals surface area contributed by atoms with Crippen LogP contribution >= 0.6 is 0 Å². The summed E-state index contributed by atoms with van der Waals surface area (Å²) in [6, 6.07) is 17.7. The maximum Gasteiger partial charge on any atom is 0.123 e. The molecule has 0 aromatic heterocycles. The van der Waals surface area contributed by atoms with Crippen molar-refractivity contribution in [2.75, 3.05) is 6.61 Å². The van der Waals surface area contributed by atoms with E-state index < -0.39 is 0 Å². The van der Waals surface area contributed by atoms with E-state index in [1.54, 1.807) is 0 Å². The highest BCUT2D eigenvalue weighted by Gasteiger charge is 2.20. The molecule has 0 amide bonds. The van der Waals surface area contributed by atoms with Crippen LogP contribution in [0.4, 0.5) is 0 Å². The van der Waals surface area contributed by atoms with Gasteiger partial charge in [-0.2, -0.15) is 0 Å². The van der Waals surface area contributed by atoms with Crippen LogP contribution in [0.3, 0.4) is 0 Å². The second-order valence-electron chi connectivity index (χ2n) is 5.85. The highest BCUT2D eigenvalue weighted by Crippen LogP contribution is 2.23. The lowest BCUT2D eigenvalue weighted by Gasteiger charge is -2.13. The van der Waals surface area contributed by atoms with Gasteiger partial charge in [-0.15, -0.1) is 0 Å². The van der Waals surface area contributed by atoms with Crippen LogP contribution in [0, 0.1) is 6.92 Å². The summed E-state index contributed by atoms with van der Waals surface area (Å²) in [6.07, 6.45) is 3.58. The Labute approximate surface area is 127 Å². The Hall–Kier alpha value is -1.80. The SMILES string of the molecule is Cc1ccc(OCCc2ccccc2)c(CNC2CC2)c1. The van der Waals surface area contributed by atoms with E-state index in [-0.39, 0.29) is 0 Å². The van der Waals surface area contributed by atoms with Crippen molar-refractivity contribution in [3.05, 3.63) is 65.2 Å². The molecule has 2 aromatic rings. The molecule has 0 radical (unpaired) electrons. The van der Waals surface area contributed by atoms with Crippen molar-refractivity contribution in [1.82, 2.24) is 5.32 Å². The van der Waals surface area contributed by atoms with Gasteiger partial charge in [0.2, 0.25) is 0 Å². The lowest BCUT2D eigenvalue weighted by molar-refractivity contribution is 0.317. The Balaban J connectivity index is 1.58. The summed E-state index contributed by atoms with van der Waals surface area (Å²) in [5.74, 6) is 1.02. The van der Waals surface area contributed by atoms with E-state index in [1.165, 1.54) is 29.5 Å². The minimum absolute atomic E-state index is 0.725. The summed E-state index contributed by atoms with van der Waals surface area (Å²) in [5.41, 5.74) is 3.88. The van der Waals surface area contributed by atoms with Crippen LogP contribution in [0.15, 0.2) is 48.5 Å². The zero-order valence-corrected chi connectivity index (χ0v) is 12.6. The molecule has 2 heteroatoms. The van der Waals surface area contributed by atoms with Crippen molar-refractivity contribution in [2.45, 2.75) is 38.8 Å². The fourth-order valence-corrected chi connectivity index (χ4v) is 2.45. The van der Waals surface area contributed by atoms with Crippen LogP contribution in [-0.4, -0.2) is 12.6 Å². The van der Waals surface area contributed by atoms with Crippen molar-refractivity contribution in [1.29, 1.82) is 0 Å². The van der Waals surface area contributed by atoms with Gasteiger partial charge >= 0.3 is 0 Å². The van der Waals surface area contributed by atoms with Gasteiger partial charge in [0.05, 0.1) is 6.61 Å². The average molecular weight is 281 g/mol. The first kappa shape index (κ1) is 14.2. The van der Waals surface area contributed by atoms with Gasteiger partial charge in [0.25, 0.3) is 0 Å². The lowest BCUT2D eigenvalue weighted by Crippen LogP contribution is -2.16. The molecule has 2 nitrogen and oxygen atoms in total. The number of rotatable bonds is 7. The molecule has 110 valence electrons. The van der Waals surface area contributed by atoms with Gasteiger partial charge in [0.15, 0.2) is 0 Å². The average Bonchev–Trinajstić information content (AvgIpc) is 3.32. The highest BCUT2D eigenvalue weighted by molar-refractivity contribution is 5.37. The maximum absolute atomic E-state index is 6.01. The predicted molar refractivity (Wildman–Crippen MR) is 86.7 cm³/mol. The van der Waals surface area contributed by atoms with Crippen LogP contribution in [0.1, 0.15) is 29.5 Å². The highest BCUT2D eigenvalue weighted by atomic mass is 16.5. The Morgan fingerprint density at radius 2 is 1.90 bits per heavy atom. The fraction of sp³-hybridized carbons (Fsp3) is 0.368. The monoisotopic (exact) mass is 281 g/mol. The summed E-state index contributed by atoms with van der Waals surface area (Å²) in [5, 5.41) is 3.57. The van der Waals surface area contributed by atoms with Gasteiger partial charge in [-0.1, -0.05) is 48.0 Å². The maximum atomic E-state index is 6.01. The molecule has 0 unspecified atom stereocenters. The van der Waals surface area contributed by atoms with Crippen LogP contribution in [0.25, 0.3) is 0 Å². The molecule has 1 saturated carbocycles. The number of nitrogens with one attached hydrogen (secondary N) is 1. The minimum atomic E-state index is 0.725. The molecule has 21 heavy (non-hydrogen) atoms. The van der Waals surface area contributed by atoms with Gasteiger partial charge in [-0.3, -0.25) is 0 Å². The van der Waals surface area contributed by atoms with Crippen molar-refractivity contribution >= 4 is 0 Å². The van der Waals surface area contributed by atoms with Gasteiger partial charge < -0.3 is 10.1 Å². The number of hydrogen-bond acceptors (Lipinski definition) is 2. The Bertz CT molecular complexity index is 575. The van der Waals surface area contributed by atoms with Crippen molar-refractivity contribution < 1.29 is 4.74 Å². The number of ether oxygens (including phenoxy) is 1. The molecular formula is C19H23NO. The van der Waals surface area contributed by atoms with E-state index in [0.29, 0.717) is 0 Å². The summed E-state index contributed by atoms with van der Waals surface area (Å²) in [6.45, 7) is 3.77. The van der Waals surface area contributed by atoms with Crippen LogP contribution < -0.4 is 10.1 Å². The fourth-order valence-electron chi connectivity index (χ4n) is 2.45. The second kappa shape index (κ2) is 6.77. The van der Waals surface area contributed by atoms with Crippen LogP contribution in [-0.2, 0) is 13.0 Å². The third kappa shape index (κ3) is 4.33. The molecule has 0 aliphatic heterocycles. The first-order valence-corrected chi connectivity index (χ1v) is 7.81. The van der Waals surface area contributed by atoms with E-state index in [9.17, 15) is 0 Å². The number of benzene rings is 2. The van der Waals surface area contributed by atoms with Gasteiger partial charge in [-0.05, 0) is 31.4 Å². The van der Waals surface area contributed by atoms with Gasteiger partial charge in [0.1, 0.15) is 5.75 Å². The van der Waals surface area contributed by atoms with Gasteiger partial charge in [-0.25, -0.2) is 0 Å². The van der Waals surface area contributed by atoms with E-state index in [2.05, 4.69) is 54.7 Å². The predicted octanol–water partition coefficient (Wildman–Crippen LogP) is 3.87. The Morgan fingerprint density at radius 3 is 2.67 bits per heavy atom. The lowest BCUT2D eigenvalue weighted by atomic mass is 10.1. The quantitative estimate of drug-likeness (QED) is 0.832. The first-order valence-electron chi connectivity index (χ1n) is 7.81. The molecular weight excluding hydrogens is 258 g/mol. The molecule has 1 N–H and O–H groups in total. The number of hydrogen-bond donors (Lipinski definition) is 1. The van der Waals surface area contributed by atoms with E-state index >= 15 is 0 Å². The smallest absolute Gasteiger partial charge is 0.123 e. The van der Waals surface area contributed by atoms with E-state index in [0.717, 1.165) is 31.4 Å². The third-order valence-electron chi connectivity index (χ3n) is 3.87. The van der Waals surface area contributed by atoms with Crippen LogP contribution in [0.5, 0.6) is 5.75 Å². The van der Waals surface area contributed by atoms with E-state index in [1.807, 2.05) is 6.07 Å². The summed E-state index contributed by atoms with van der Waals surface area (Å²) >= 11 is 0. The van der Waals surface area contributed by atoms with E-state index in [4.69, 9.17) is 4.74 Å². The molecule has 1 aliphatic rings. The van der Waals surface area contributed by atoms with Crippen molar-refractivity contribution in [3.8, 4) is 5.75 Å². The minimum Gasteiger partial charge on any atom is -0.493 e. The second-order valence-corrected chi connectivity index (χ2v) is 5.85. The number of aryl methyl sites for hydroxylation is 1. The van der Waals surface area contributed by atoms with Crippen molar-refractivity contribution in [2.24, 2.45) is 0 Å². The zero-order valence-electron chi connectivity index (χ0n) is 12.6. The van der Waals surface area contributed by atoms with Crippen LogP contribution in [0.2, 0.25) is 0 Å².